The Morgan fingerprint density at radius 3 is 1.27 bits per heavy atom. The topological polar surface area (TPSA) is 35.0 Å². The van der Waals surface area contributed by atoms with Crippen molar-refractivity contribution in [3.8, 4) is 0 Å². The largest absolute Gasteiger partial charge is 0.344 e. The Labute approximate surface area is 99.7 Å². The Morgan fingerprint density at radius 2 is 0.933 bits per heavy atom. The summed E-state index contributed by atoms with van der Waals surface area (Å²) in [6.45, 7) is 0. The molecule has 2 aromatic rings. The van der Waals surface area contributed by atoms with Crippen molar-refractivity contribution < 1.29 is 0 Å². The lowest BCUT2D eigenvalue weighted by atomic mass is 10.4. The third-order valence-corrected chi connectivity index (χ3v) is 3.08. The standard InChI is InChI=1S/C12H11P.H3N.H2S/c1-3-7-11(8-4-1)13-12-9-5-2-6-10-12;;/h1-10,13H;1H3;1H2. The lowest BCUT2D eigenvalue weighted by Gasteiger charge is -2.00. The van der Waals surface area contributed by atoms with Gasteiger partial charge in [0.1, 0.15) is 0 Å². The van der Waals surface area contributed by atoms with E-state index in [0.29, 0.717) is 0 Å². The highest BCUT2D eigenvalue weighted by Gasteiger charge is 1.92. The van der Waals surface area contributed by atoms with E-state index in [1.165, 1.54) is 10.6 Å². The van der Waals surface area contributed by atoms with Gasteiger partial charge in [-0.25, -0.2) is 0 Å². The molecule has 0 heterocycles. The van der Waals surface area contributed by atoms with Crippen molar-refractivity contribution in [3.63, 3.8) is 0 Å². The van der Waals surface area contributed by atoms with Crippen LogP contribution in [-0.2, 0) is 0 Å². The van der Waals surface area contributed by atoms with Gasteiger partial charge in [-0.2, -0.15) is 13.5 Å². The molecular weight excluding hydrogens is 221 g/mol. The van der Waals surface area contributed by atoms with Gasteiger partial charge in [0.2, 0.25) is 0 Å². The first-order valence-corrected chi connectivity index (χ1v) is 5.32. The van der Waals surface area contributed by atoms with Gasteiger partial charge in [0, 0.05) is 0 Å². The molecule has 0 unspecified atom stereocenters. The molecule has 0 aliphatic carbocycles. The van der Waals surface area contributed by atoms with Gasteiger partial charge in [0.15, 0.2) is 0 Å². The molecule has 2 aromatic carbocycles. The van der Waals surface area contributed by atoms with Crippen molar-refractivity contribution in [1.29, 1.82) is 0 Å². The van der Waals surface area contributed by atoms with Gasteiger partial charge >= 0.3 is 0 Å². The van der Waals surface area contributed by atoms with Gasteiger partial charge in [0.25, 0.3) is 0 Å². The molecule has 0 radical (unpaired) electrons. The van der Waals surface area contributed by atoms with E-state index in [1.807, 2.05) is 0 Å². The predicted molar refractivity (Wildman–Crippen MR) is 75.9 cm³/mol. The van der Waals surface area contributed by atoms with E-state index in [-0.39, 0.29) is 19.6 Å². The molecule has 80 valence electrons. The first kappa shape index (κ1) is 14.2. The Morgan fingerprint density at radius 1 is 0.600 bits per heavy atom. The third-order valence-electron chi connectivity index (χ3n) is 1.84. The minimum Gasteiger partial charge on any atom is -0.344 e. The normalized spacial score (nSPS) is 8.53. The first-order valence-electron chi connectivity index (χ1n) is 4.32. The lowest BCUT2D eigenvalue weighted by Crippen LogP contribution is -2.01. The molecule has 0 saturated carbocycles. The van der Waals surface area contributed by atoms with Crippen LogP contribution in [0.15, 0.2) is 60.7 Å². The summed E-state index contributed by atoms with van der Waals surface area (Å²) in [5.41, 5.74) is 0. The second kappa shape index (κ2) is 7.47. The molecule has 0 aliphatic rings. The second-order valence-corrected chi connectivity index (χ2v) is 4.26. The van der Waals surface area contributed by atoms with Crippen molar-refractivity contribution in [2.24, 2.45) is 0 Å². The fourth-order valence-corrected chi connectivity index (χ4v) is 2.26. The molecule has 0 saturated heterocycles. The summed E-state index contributed by atoms with van der Waals surface area (Å²) in [5, 5.41) is 2.79. The SMILES string of the molecule is N.S.c1ccc(Pc2ccccc2)cc1. The Kier molecular flexibility index (Phi) is 7.06. The highest BCUT2D eigenvalue weighted by atomic mass is 32.1. The van der Waals surface area contributed by atoms with Crippen molar-refractivity contribution in [2.75, 3.05) is 0 Å². The molecule has 1 nitrogen and oxygen atoms in total. The van der Waals surface area contributed by atoms with E-state index in [4.69, 9.17) is 0 Å². The highest BCUT2D eigenvalue weighted by molar-refractivity contribution is 7.59. The number of rotatable bonds is 2. The molecule has 15 heavy (non-hydrogen) atoms. The van der Waals surface area contributed by atoms with Gasteiger partial charge in [-0.1, -0.05) is 69.2 Å². The van der Waals surface area contributed by atoms with Crippen molar-refractivity contribution in [2.45, 2.75) is 0 Å². The molecule has 0 aliphatic heterocycles. The van der Waals surface area contributed by atoms with Crippen LogP contribution >= 0.6 is 22.1 Å². The maximum atomic E-state index is 2.17. The van der Waals surface area contributed by atoms with Gasteiger partial charge in [-0.15, -0.1) is 0 Å². The van der Waals surface area contributed by atoms with Crippen LogP contribution in [0.25, 0.3) is 0 Å². The van der Waals surface area contributed by atoms with Crippen LogP contribution < -0.4 is 16.8 Å². The summed E-state index contributed by atoms with van der Waals surface area (Å²) >= 11 is 0. The van der Waals surface area contributed by atoms with Crippen LogP contribution in [0.2, 0.25) is 0 Å². The van der Waals surface area contributed by atoms with Gasteiger partial charge in [-0.3, -0.25) is 0 Å². The summed E-state index contributed by atoms with van der Waals surface area (Å²) in [6.07, 6.45) is 0. The minimum atomic E-state index is 0. The molecule has 0 amide bonds. The van der Waals surface area contributed by atoms with E-state index in [9.17, 15) is 0 Å². The highest BCUT2D eigenvalue weighted by Crippen LogP contribution is 2.08. The molecule has 3 heteroatoms. The van der Waals surface area contributed by atoms with Crippen molar-refractivity contribution in [1.82, 2.24) is 6.15 Å². The Hall–Kier alpha value is -0.820. The molecule has 0 aromatic heterocycles. The average Bonchev–Trinajstić information content (AvgIpc) is 2.21. The second-order valence-electron chi connectivity index (χ2n) is 2.86. The van der Waals surface area contributed by atoms with Crippen LogP contribution in [-0.4, -0.2) is 0 Å². The molecule has 0 spiro atoms. The van der Waals surface area contributed by atoms with Gasteiger partial charge < -0.3 is 6.15 Å². The summed E-state index contributed by atoms with van der Waals surface area (Å²) in [4.78, 5) is 0. The van der Waals surface area contributed by atoms with Crippen LogP contribution in [0.4, 0.5) is 0 Å². The zero-order valence-electron chi connectivity index (χ0n) is 8.48. The fourth-order valence-electron chi connectivity index (χ4n) is 1.21. The lowest BCUT2D eigenvalue weighted by molar-refractivity contribution is 1.76. The van der Waals surface area contributed by atoms with Crippen LogP contribution in [0.5, 0.6) is 0 Å². The van der Waals surface area contributed by atoms with Crippen molar-refractivity contribution in [3.05, 3.63) is 60.7 Å². The van der Waals surface area contributed by atoms with Gasteiger partial charge in [-0.05, 0) is 10.6 Å². The number of hydrogen-bond acceptors (Lipinski definition) is 1. The summed E-state index contributed by atoms with van der Waals surface area (Å²) in [6, 6.07) is 21.2. The van der Waals surface area contributed by atoms with E-state index in [1.54, 1.807) is 0 Å². The van der Waals surface area contributed by atoms with E-state index < -0.39 is 0 Å². The van der Waals surface area contributed by atoms with Gasteiger partial charge in [0.05, 0.1) is 0 Å². The van der Waals surface area contributed by atoms with E-state index >= 15 is 0 Å². The zero-order valence-corrected chi connectivity index (χ0v) is 10.5. The molecule has 0 fully saturated rings. The molecule has 0 atom stereocenters. The maximum absolute atomic E-state index is 2.17. The molecular formula is C12H16NPS. The predicted octanol–water partition coefficient (Wildman–Crippen LogP) is 2.59. The van der Waals surface area contributed by atoms with Crippen LogP contribution in [0, 0.1) is 0 Å². The first-order chi connectivity index (χ1) is 6.45. The fraction of sp³-hybridized carbons (Fsp3) is 0. The number of hydrogen-bond donors (Lipinski definition) is 1. The Bertz CT molecular complexity index is 326. The average molecular weight is 237 g/mol. The van der Waals surface area contributed by atoms with Crippen LogP contribution in [0.1, 0.15) is 0 Å². The Balaban J connectivity index is 0.000000980. The summed E-state index contributed by atoms with van der Waals surface area (Å²) in [5.74, 6) is 0. The third kappa shape index (κ3) is 4.48. The molecule has 2 rings (SSSR count). The van der Waals surface area contributed by atoms with Crippen molar-refractivity contribution >= 4 is 32.7 Å². The summed E-state index contributed by atoms with van der Waals surface area (Å²) < 4.78 is 0. The minimum absolute atomic E-state index is 0. The monoisotopic (exact) mass is 237 g/mol. The van der Waals surface area contributed by atoms with E-state index in [2.05, 4.69) is 60.7 Å². The quantitative estimate of drug-likeness (QED) is 0.800. The zero-order chi connectivity index (χ0) is 8.93. The van der Waals surface area contributed by atoms with E-state index in [0.717, 1.165) is 8.58 Å². The maximum Gasteiger partial charge on any atom is -0.0226 e. The molecule has 0 bridgehead atoms. The smallest absolute Gasteiger partial charge is 0.0226 e. The number of benzene rings is 2. The summed E-state index contributed by atoms with van der Waals surface area (Å²) in [7, 11) is 0.777. The molecule has 3 N–H and O–H groups in total. The van der Waals surface area contributed by atoms with Crippen LogP contribution in [0.3, 0.4) is 0 Å².